The number of fused-ring (bicyclic) bond motifs is 2. The Morgan fingerprint density at radius 1 is 1.09 bits per heavy atom. The van der Waals surface area contributed by atoms with Gasteiger partial charge in [-0.25, -0.2) is 22.0 Å². The second-order valence-corrected chi connectivity index (χ2v) is 12.8. The van der Waals surface area contributed by atoms with Crippen molar-refractivity contribution in [2.24, 2.45) is 5.41 Å². The van der Waals surface area contributed by atoms with Crippen molar-refractivity contribution >= 4 is 39.1 Å². The maximum Gasteiger partial charge on any atom is 0.319 e. The first-order chi connectivity index (χ1) is 20.6. The quantitative estimate of drug-likeness (QED) is 0.223. The number of phenolic OH excluding ortho intramolecular Hbond substituents is 1. The van der Waals surface area contributed by atoms with Crippen molar-refractivity contribution in [3.63, 3.8) is 0 Å². The molecular formula is C31H30ClF5N4O3. The highest BCUT2D eigenvalue weighted by atomic mass is 35.5. The van der Waals surface area contributed by atoms with Gasteiger partial charge >= 0.3 is 6.01 Å². The highest BCUT2D eigenvalue weighted by Crippen LogP contribution is 2.60. The molecule has 0 spiro atoms. The number of anilines is 1. The number of aromatic hydroxyl groups is 1. The molecule has 1 saturated heterocycles. The topological polar surface area (TPSA) is 82.0 Å². The van der Waals surface area contributed by atoms with Crippen LogP contribution in [0.25, 0.3) is 32.8 Å². The molecule has 1 aliphatic carbocycles. The van der Waals surface area contributed by atoms with Gasteiger partial charge in [-0.1, -0.05) is 23.7 Å². The second-order valence-electron chi connectivity index (χ2n) is 12.4. The van der Waals surface area contributed by atoms with Crippen LogP contribution in [0.1, 0.15) is 26.2 Å². The molecule has 3 aromatic carbocycles. The van der Waals surface area contributed by atoms with Crippen molar-refractivity contribution in [2.45, 2.75) is 37.7 Å². The number of halogens is 6. The second kappa shape index (κ2) is 10.6. The molecule has 1 saturated carbocycles. The van der Waals surface area contributed by atoms with E-state index in [0.717, 1.165) is 12.1 Å². The lowest BCUT2D eigenvalue weighted by Gasteiger charge is -2.38. The third-order valence-corrected chi connectivity index (χ3v) is 8.73. The van der Waals surface area contributed by atoms with Gasteiger partial charge in [0.05, 0.1) is 16.6 Å². The van der Waals surface area contributed by atoms with Crippen molar-refractivity contribution in [1.29, 1.82) is 0 Å². The highest BCUT2D eigenvalue weighted by Gasteiger charge is 2.71. The molecule has 0 amide bonds. The van der Waals surface area contributed by atoms with Crippen LogP contribution < -0.4 is 9.64 Å². The summed E-state index contributed by atoms with van der Waals surface area (Å²) in [7, 11) is 3.33. The molecule has 44 heavy (non-hydrogen) atoms. The minimum Gasteiger partial charge on any atom is -0.505 e. The number of phenols is 1. The molecule has 6 rings (SSSR count). The predicted molar refractivity (Wildman–Crippen MR) is 157 cm³/mol. The number of hydrogen-bond acceptors (Lipinski definition) is 7. The van der Waals surface area contributed by atoms with Gasteiger partial charge in [-0.15, -0.1) is 0 Å². The fourth-order valence-electron chi connectivity index (χ4n) is 6.26. The van der Waals surface area contributed by atoms with Gasteiger partial charge in [-0.05, 0) is 52.1 Å². The number of benzene rings is 3. The normalized spacial score (nSPS) is 23.1. The van der Waals surface area contributed by atoms with Crippen LogP contribution in [0.3, 0.4) is 0 Å². The van der Waals surface area contributed by atoms with Gasteiger partial charge in [0.15, 0.2) is 17.4 Å². The van der Waals surface area contributed by atoms with E-state index >= 15 is 8.78 Å². The lowest BCUT2D eigenvalue weighted by molar-refractivity contribution is 0.0287. The Bertz CT molecular complexity index is 1800. The van der Waals surface area contributed by atoms with E-state index in [9.17, 15) is 23.4 Å². The SMILES string of the molecule is CN(C)C[C@@]1(COc2nc(N3CCC[C@@](C)(O)C3)c3cc(F)c(-c4cc(O)c(F)c5cccc(Cl)c45)c(F)c3n2)CC1(F)F. The van der Waals surface area contributed by atoms with Crippen molar-refractivity contribution in [3.05, 3.63) is 52.8 Å². The fourth-order valence-corrected chi connectivity index (χ4v) is 6.54. The highest BCUT2D eigenvalue weighted by molar-refractivity contribution is 6.36. The summed E-state index contributed by atoms with van der Waals surface area (Å²) in [5.41, 5.74) is -3.85. The van der Waals surface area contributed by atoms with Crippen LogP contribution in [-0.4, -0.2) is 76.9 Å². The number of β-amino-alcohol motifs (C(OH)–C–C–N with tert-alkyl or cyclic N) is 1. The molecule has 2 aliphatic rings. The number of nitrogens with zero attached hydrogens (tertiary/aromatic N) is 4. The van der Waals surface area contributed by atoms with Gasteiger partial charge in [-0.3, -0.25) is 0 Å². The van der Waals surface area contributed by atoms with Crippen molar-refractivity contribution < 1.29 is 36.9 Å². The van der Waals surface area contributed by atoms with E-state index in [-0.39, 0.29) is 51.2 Å². The van der Waals surface area contributed by atoms with E-state index in [1.54, 1.807) is 30.8 Å². The van der Waals surface area contributed by atoms with Crippen LogP contribution in [0.4, 0.5) is 27.8 Å². The Hall–Kier alpha value is -3.48. The molecule has 2 fully saturated rings. The first kappa shape index (κ1) is 30.5. The minimum atomic E-state index is -2.98. The summed E-state index contributed by atoms with van der Waals surface area (Å²) in [4.78, 5) is 11.9. The zero-order valence-electron chi connectivity index (χ0n) is 24.2. The smallest absolute Gasteiger partial charge is 0.319 e. The van der Waals surface area contributed by atoms with Crippen molar-refractivity contribution in [2.75, 3.05) is 45.2 Å². The summed E-state index contributed by atoms with van der Waals surface area (Å²) in [5, 5.41) is 20.8. The molecule has 13 heteroatoms. The van der Waals surface area contributed by atoms with Crippen molar-refractivity contribution in [3.8, 4) is 22.9 Å². The summed E-state index contributed by atoms with van der Waals surface area (Å²) in [6.45, 7) is 1.68. The monoisotopic (exact) mass is 636 g/mol. The lowest BCUT2D eigenvalue weighted by Crippen LogP contribution is -2.46. The molecule has 0 radical (unpaired) electrons. The van der Waals surface area contributed by atoms with Gasteiger partial charge in [0.2, 0.25) is 0 Å². The summed E-state index contributed by atoms with van der Waals surface area (Å²) in [6, 6.07) is 5.68. The van der Waals surface area contributed by atoms with Crippen molar-refractivity contribution in [1.82, 2.24) is 14.9 Å². The van der Waals surface area contributed by atoms with Gasteiger partial charge in [-0.2, -0.15) is 9.97 Å². The molecule has 0 bridgehead atoms. The van der Waals surface area contributed by atoms with E-state index in [0.29, 0.717) is 19.4 Å². The molecule has 4 aromatic rings. The maximum absolute atomic E-state index is 16.6. The number of piperidine rings is 1. The summed E-state index contributed by atoms with van der Waals surface area (Å²) in [5.74, 6) is -7.00. The van der Waals surface area contributed by atoms with E-state index in [2.05, 4.69) is 9.97 Å². The maximum atomic E-state index is 16.6. The molecular weight excluding hydrogens is 607 g/mol. The van der Waals surface area contributed by atoms with E-state index in [1.807, 2.05) is 0 Å². The first-order valence-corrected chi connectivity index (χ1v) is 14.4. The number of alkyl halides is 2. The largest absolute Gasteiger partial charge is 0.505 e. The number of ether oxygens (including phenoxy) is 1. The van der Waals surface area contributed by atoms with E-state index in [1.165, 1.54) is 18.2 Å². The van der Waals surface area contributed by atoms with Crippen LogP contribution in [0.15, 0.2) is 30.3 Å². The van der Waals surface area contributed by atoms with Crippen LogP contribution in [0.5, 0.6) is 11.8 Å². The molecule has 1 aromatic heterocycles. The van der Waals surface area contributed by atoms with Crippen LogP contribution in [0, 0.1) is 22.9 Å². The molecule has 2 heterocycles. The average molecular weight is 637 g/mol. The first-order valence-electron chi connectivity index (χ1n) is 14.1. The predicted octanol–water partition coefficient (Wildman–Crippen LogP) is 6.54. The zero-order valence-corrected chi connectivity index (χ0v) is 25.0. The molecule has 0 unspecified atom stereocenters. The Morgan fingerprint density at radius 2 is 1.82 bits per heavy atom. The number of aliphatic hydroxyl groups is 1. The van der Waals surface area contributed by atoms with Crippen LogP contribution in [-0.2, 0) is 0 Å². The van der Waals surface area contributed by atoms with Gasteiger partial charge in [0.25, 0.3) is 5.92 Å². The molecule has 1 aliphatic heterocycles. The fraction of sp³-hybridized carbons (Fsp3) is 0.419. The van der Waals surface area contributed by atoms with Gasteiger partial charge in [0, 0.05) is 52.8 Å². The average Bonchev–Trinajstić information content (AvgIpc) is 3.47. The number of aromatic nitrogens is 2. The molecule has 7 nitrogen and oxygen atoms in total. The number of hydrogen-bond donors (Lipinski definition) is 2. The lowest BCUT2D eigenvalue weighted by atomic mass is 9.94. The molecule has 234 valence electrons. The Labute approximate surface area is 254 Å². The minimum absolute atomic E-state index is 0.00482. The van der Waals surface area contributed by atoms with E-state index < -0.39 is 64.7 Å². The van der Waals surface area contributed by atoms with Crippen LogP contribution in [0.2, 0.25) is 5.02 Å². The van der Waals surface area contributed by atoms with Gasteiger partial charge in [0.1, 0.15) is 23.8 Å². The Morgan fingerprint density at radius 3 is 2.48 bits per heavy atom. The standard InChI is InChI=1S/C31H30ClF5N4O3/c1-29(43)8-5-9-41(13-29)27-18-10-20(33)23(17-11-21(42)24(34)16-6-4-7-19(32)22(16)17)25(35)26(18)38-28(39-27)44-15-30(14-40(2)3)12-31(30,36)37/h4,6-7,10-11,42-43H,5,8-9,12-15H2,1-3H3/t29-,30-/m1/s1. The van der Waals surface area contributed by atoms with E-state index in [4.69, 9.17) is 16.3 Å². The summed E-state index contributed by atoms with van der Waals surface area (Å²) in [6.07, 6.45) is 0.640. The summed E-state index contributed by atoms with van der Waals surface area (Å²) < 4.78 is 82.0. The van der Waals surface area contributed by atoms with Crippen LogP contribution >= 0.6 is 11.6 Å². The molecule has 2 N–H and O–H groups in total. The third kappa shape index (κ3) is 5.16. The molecule has 2 atom stereocenters. The third-order valence-electron chi connectivity index (χ3n) is 8.42. The Kier molecular flexibility index (Phi) is 7.33. The number of rotatable bonds is 7. The zero-order chi connectivity index (χ0) is 31.8. The van der Waals surface area contributed by atoms with Gasteiger partial charge < -0.3 is 24.7 Å². The Balaban J connectivity index is 1.54. The summed E-state index contributed by atoms with van der Waals surface area (Å²) >= 11 is 6.35.